The number of carbonyl (C=O) groups is 2. The van der Waals surface area contributed by atoms with Crippen molar-refractivity contribution >= 4 is 11.9 Å². The van der Waals surface area contributed by atoms with Crippen LogP contribution in [0, 0.1) is 6.92 Å². The number of carboxylic acid groups (broad SMARTS) is 1. The number of aryl methyl sites for hydroxylation is 1. The monoisotopic (exact) mass is 341 g/mol. The van der Waals surface area contributed by atoms with Gasteiger partial charge in [-0.2, -0.15) is 5.10 Å². The average Bonchev–Trinajstić information content (AvgIpc) is 3.02. The zero-order valence-electron chi connectivity index (χ0n) is 14.4. The Morgan fingerprint density at radius 1 is 1.24 bits per heavy atom. The largest absolute Gasteiger partial charge is 0.481 e. The highest BCUT2D eigenvalue weighted by Gasteiger charge is 2.29. The van der Waals surface area contributed by atoms with Crippen LogP contribution in [0.4, 0.5) is 0 Å². The first-order valence-electron chi connectivity index (χ1n) is 8.70. The molecule has 0 spiro atoms. The van der Waals surface area contributed by atoms with Crippen LogP contribution in [0.15, 0.2) is 36.5 Å². The van der Waals surface area contributed by atoms with Gasteiger partial charge >= 0.3 is 5.97 Å². The highest BCUT2D eigenvalue weighted by atomic mass is 16.4. The van der Waals surface area contributed by atoms with Crippen LogP contribution in [0.3, 0.4) is 0 Å². The van der Waals surface area contributed by atoms with Crippen molar-refractivity contribution in [2.24, 2.45) is 0 Å². The van der Waals surface area contributed by atoms with Gasteiger partial charge in [0.1, 0.15) is 0 Å². The molecule has 6 heteroatoms. The molecule has 1 saturated heterocycles. The molecule has 1 aliphatic heterocycles. The van der Waals surface area contributed by atoms with Crippen LogP contribution in [0.1, 0.15) is 48.2 Å². The van der Waals surface area contributed by atoms with Gasteiger partial charge in [0.15, 0.2) is 0 Å². The summed E-state index contributed by atoms with van der Waals surface area (Å²) in [5.74, 6) is -0.860. The summed E-state index contributed by atoms with van der Waals surface area (Å²) in [4.78, 5) is 25.8. The Balaban J connectivity index is 1.81. The second-order valence-electron chi connectivity index (χ2n) is 6.49. The highest BCUT2D eigenvalue weighted by molar-refractivity contribution is 5.95. The summed E-state index contributed by atoms with van der Waals surface area (Å²) in [5.41, 5.74) is 2.19. The Hall–Kier alpha value is -2.63. The molecular formula is C19H23N3O3. The molecule has 1 amide bonds. The molecule has 1 N–H and O–H groups in total. The van der Waals surface area contributed by atoms with Gasteiger partial charge in [-0.3, -0.25) is 9.59 Å². The number of carbonyl (C=O) groups excluding carboxylic acids is 1. The fourth-order valence-corrected chi connectivity index (χ4v) is 3.40. The normalized spacial score (nSPS) is 17.5. The molecule has 1 aliphatic rings. The van der Waals surface area contributed by atoms with Gasteiger partial charge in [0.2, 0.25) is 0 Å². The van der Waals surface area contributed by atoms with Crippen LogP contribution in [0.2, 0.25) is 0 Å². The number of hydrogen-bond donors (Lipinski definition) is 1. The van der Waals surface area contributed by atoms with Crippen LogP contribution < -0.4 is 0 Å². The smallest absolute Gasteiger partial charge is 0.303 e. The molecule has 3 rings (SSSR count). The first kappa shape index (κ1) is 17.2. The SMILES string of the molecule is Cc1nn(-c2ccccc2)cc1C(=O)N1CCCCC1CCC(=O)O. The van der Waals surface area contributed by atoms with E-state index in [1.54, 1.807) is 10.9 Å². The number of likely N-dealkylation sites (tertiary alicyclic amines) is 1. The quantitative estimate of drug-likeness (QED) is 0.907. The van der Waals surface area contributed by atoms with Crippen molar-refractivity contribution in [3.8, 4) is 5.69 Å². The van der Waals surface area contributed by atoms with Crippen molar-refractivity contribution in [3.05, 3.63) is 47.8 Å². The van der Waals surface area contributed by atoms with E-state index in [1.807, 2.05) is 42.2 Å². The minimum Gasteiger partial charge on any atom is -0.481 e. The molecule has 1 atom stereocenters. The average molecular weight is 341 g/mol. The highest BCUT2D eigenvalue weighted by Crippen LogP contribution is 2.24. The van der Waals surface area contributed by atoms with E-state index in [1.165, 1.54) is 0 Å². The third-order valence-electron chi connectivity index (χ3n) is 4.73. The summed E-state index contributed by atoms with van der Waals surface area (Å²) in [5, 5.41) is 13.4. The molecule has 0 bridgehead atoms. The lowest BCUT2D eigenvalue weighted by Crippen LogP contribution is -2.44. The lowest BCUT2D eigenvalue weighted by Gasteiger charge is -2.35. The van der Waals surface area contributed by atoms with Gasteiger partial charge in [0.05, 0.1) is 16.9 Å². The zero-order chi connectivity index (χ0) is 17.8. The number of aromatic nitrogens is 2. The third kappa shape index (κ3) is 3.90. The molecule has 1 fully saturated rings. The molecule has 1 aromatic heterocycles. The van der Waals surface area contributed by atoms with E-state index >= 15 is 0 Å². The van der Waals surface area contributed by atoms with Crippen LogP contribution in [0.5, 0.6) is 0 Å². The lowest BCUT2D eigenvalue weighted by atomic mass is 9.97. The number of benzene rings is 1. The number of carboxylic acids is 1. The summed E-state index contributed by atoms with van der Waals surface area (Å²) in [6, 6.07) is 9.68. The van der Waals surface area contributed by atoms with Crippen molar-refractivity contribution < 1.29 is 14.7 Å². The van der Waals surface area contributed by atoms with Crippen LogP contribution in [-0.2, 0) is 4.79 Å². The van der Waals surface area contributed by atoms with Gasteiger partial charge < -0.3 is 10.0 Å². The van der Waals surface area contributed by atoms with Crippen molar-refractivity contribution in [1.82, 2.24) is 14.7 Å². The third-order valence-corrected chi connectivity index (χ3v) is 4.73. The van der Waals surface area contributed by atoms with E-state index in [-0.39, 0.29) is 18.4 Å². The summed E-state index contributed by atoms with van der Waals surface area (Å²) in [6.07, 6.45) is 5.24. The molecule has 1 aromatic carbocycles. The standard InChI is InChI=1S/C19H23N3O3/c1-14-17(13-22(20-14)16-8-3-2-4-9-16)19(25)21-12-6-5-7-15(21)10-11-18(23)24/h2-4,8-9,13,15H,5-7,10-12H2,1H3,(H,23,24). The van der Waals surface area contributed by atoms with Gasteiger partial charge in [0.25, 0.3) is 5.91 Å². The minimum atomic E-state index is -0.814. The van der Waals surface area contributed by atoms with E-state index < -0.39 is 5.97 Å². The molecule has 0 radical (unpaired) electrons. The summed E-state index contributed by atoms with van der Waals surface area (Å²) >= 11 is 0. The fourth-order valence-electron chi connectivity index (χ4n) is 3.40. The molecule has 6 nitrogen and oxygen atoms in total. The Bertz CT molecular complexity index is 755. The number of rotatable bonds is 5. The topological polar surface area (TPSA) is 75.4 Å². The molecule has 0 saturated carbocycles. The summed E-state index contributed by atoms with van der Waals surface area (Å²) in [7, 11) is 0. The molecule has 25 heavy (non-hydrogen) atoms. The van der Waals surface area contributed by atoms with Crippen molar-refractivity contribution in [1.29, 1.82) is 0 Å². The molecule has 2 heterocycles. The van der Waals surface area contributed by atoms with Gasteiger partial charge in [-0.25, -0.2) is 4.68 Å². The lowest BCUT2D eigenvalue weighted by molar-refractivity contribution is -0.137. The molecule has 2 aromatic rings. The van der Waals surface area contributed by atoms with Crippen molar-refractivity contribution in [2.45, 2.75) is 45.1 Å². The fraction of sp³-hybridized carbons (Fsp3) is 0.421. The first-order chi connectivity index (χ1) is 12.1. The van der Waals surface area contributed by atoms with Crippen LogP contribution in [-0.4, -0.2) is 44.3 Å². The van der Waals surface area contributed by atoms with E-state index in [0.717, 1.165) is 24.9 Å². The number of nitrogens with zero attached hydrogens (tertiary/aromatic N) is 3. The zero-order valence-corrected chi connectivity index (χ0v) is 14.4. The maximum absolute atomic E-state index is 13.0. The Morgan fingerprint density at radius 2 is 2.00 bits per heavy atom. The predicted molar refractivity (Wildman–Crippen MR) is 93.8 cm³/mol. The van der Waals surface area contributed by atoms with Gasteiger partial charge in [-0.1, -0.05) is 18.2 Å². The van der Waals surface area contributed by atoms with Crippen LogP contribution in [0.25, 0.3) is 5.69 Å². The Morgan fingerprint density at radius 3 is 2.72 bits per heavy atom. The minimum absolute atomic E-state index is 0.00294. The summed E-state index contributed by atoms with van der Waals surface area (Å²) in [6.45, 7) is 2.52. The van der Waals surface area contributed by atoms with Gasteiger partial charge in [-0.15, -0.1) is 0 Å². The number of aliphatic carboxylic acids is 1. The van der Waals surface area contributed by atoms with E-state index in [9.17, 15) is 9.59 Å². The molecule has 1 unspecified atom stereocenters. The second kappa shape index (κ2) is 7.51. The van der Waals surface area contributed by atoms with E-state index in [0.29, 0.717) is 24.2 Å². The second-order valence-corrected chi connectivity index (χ2v) is 6.49. The molecule has 132 valence electrons. The van der Waals surface area contributed by atoms with E-state index in [4.69, 9.17) is 5.11 Å². The van der Waals surface area contributed by atoms with Crippen LogP contribution >= 0.6 is 0 Å². The number of amides is 1. The number of para-hydroxylation sites is 1. The summed E-state index contributed by atoms with van der Waals surface area (Å²) < 4.78 is 1.72. The maximum atomic E-state index is 13.0. The Kier molecular flexibility index (Phi) is 5.16. The van der Waals surface area contributed by atoms with Gasteiger partial charge in [-0.05, 0) is 44.7 Å². The molecule has 0 aliphatic carbocycles. The van der Waals surface area contributed by atoms with Gasteiger partial charge in [0, 0.05) is 25.2 Å². The van der Waals surface area contributed by atoms with E-state index in [2.05, 4.69) is 5.10 Å². The maximum Gasteiger partial charge on any atom is 0.303 e. The Labute approximate surface area is 147 Å². The number of piperidine rings is 1. The number of hydrogen-bond acceptors (Lipinski definition) is 3. The molecular weight excluding hydrogens is 318 g/mol. The predicted octanol–water partition coefficient (Wildman–Crippen LogP) is 3.04. The van der Waals surface area contributed by atoms with Crippen molar-refractivity contribution in [2.75, 3.05) is 6.54 Å². The first-order valence-corrected chi connectivity index (χ1v) is 8.70. The van der Waals surface area contributed by atoms with Crippen molar-refractivity contribution in [3.63, 3.8) is 0 Å².